The van der Waals surface area contributed by atoms with E-state index in [4.69, 9.17) is 0 Å². The maximum absolute atomic E-state index is 2.67. The molecule has 0 rings (SSSR count). The summed E-state index contributed by atoms with van der Waals surface area (Å²) in [6.45, 7) is 2.19. The number of hydrogen-bond donors (Lipinski definition) is 0. The Morgan fingerprint density at radius 1 is 1.67 bits per heavy atom. The van der Waals surface area contributed by atoms with Gasteiger partial charge in [-0.25, -0.2) is 0 Å². The van der Waals surface area contributed by atoms with Crippen LogP contribution in [0.4, 0.5) is 0 Å². The summed E-state index contributed by atoms with van der Waals surface area (Å²) in [7, 11) is 4.94. The Labute approximate surface area is 43.2 Å². The van der Waals surface area contributed by atoms with Crippen molar-refractivity contribution in [1.29, 1.82) is 0 Å². The highest BCUT2D eigenvalue weighted by atomic mass is 31.0. The van der Waals surface area contributed by atoms with Gasteiger partial charge in [0, 0.05) is 0 Å². The quantitative estimate of drug-likeness (QED) is 0.286. The zero-order valence-corrected chi connectivity index (χ0v) is 5.43. The number of rotatable bonds is 3. The molecule has 0 aliphatic carbocycles. The minimum Gasteiger partial charge on any atom is -0.146 e. The van der Waals surface area contributed by atoms with Crippen LogP contribution in [0.5, 0.6) is 0 Å². The van der Waals surface area contributed by atoms with E-state index in [2.05, 4.69) is 23.4 Å². The van der Waals surface area contributed by atoms with E-state index in [1.165, 1.54) is 12.7 Å². The summed E-state index contributed by atoms with van der Waals surface area (Å²) in [4.78, 5) is 0. The first-order valence-corrected chi connectivity index (χ1v) is 3.25. The van der Waals surface area contributed by atoms with Crippen molar-refractivity contribution in [2.24, 2.45) is 0 Å². The molecule has 0 bridgehead atoms. The molecule has 0 spiro atoms. The van der Waals surface area contributed by atoms with Gasteiger partial charge < -0.3 is 0 Å². The van der Waals surface area contributed by atoms with Crippen molar-refractivity contribution in [1.82, 2.24) is 0 Å². The van der Waals surface area contributed by atoms with Gasteiger partial charge in [-0.15, -0.1) is 9.24 Å². The number of hydrogen-bond acceptors (Lipinski definition) is 0. The second kappa shape index (κ2) is 5.49. The fourth-order valence-electron chi connectivity index (χ4n) is 0.322. The van der Waals surface area contributed by atoms with Crippen LogP contribution in [0.25, 0.3) is 0 Å². The monoisotopic (exact) mass is 101 g/mol. The third-order valence-electron chi connectivity index (χ3n) is 0.659. The van der Waals surface area contributed by atoms with Crippen molar-refractivity contribution in [2.45, 2.75) is 19.7 Å². The molecular formula is C4H11BP. The normalized spacial score (nSPS) is 8.33. The van der Waals surface area contributed by atoms with Gasteiger partial charge in [0.1, 0.15) is 7.28 Å². The van der Waals surface area contributed by atoms with Crippen molar-refractivity contribution in [3.05, 3.63) is 0 Å². The molecule has 35 valence electrons. The molecule has 6 heavy (non-hydrogen) atoms. The van der Waals surface area contributed by atoms with Crippen LogP contribution in [0, 0.1) is 0 Å². The second-order valence-electron chi connectivity index (χ2n) is 1.31. The Kier molecular flexibility index (Phi) is 5.95. The lowest BCUT2D eigenvalue weighted by molar-refractivity contribution is 1.07. The Morgan fingerprint density at radius 3 is 2.50 bits per heavy atom. The molecule has 0 aromatic heterocycles. The molecule has 0 nitrogen and oxygen atoms in total. The molecular weight excluding hydrogens is 89.8 g/mol. The van der Waals surface area contributed by atoms with E-state index in [0.29, 0.717) is 0 Å². The highest BCUT2D eigenvalue weighted by Gasteiger charge is 1.78. The lowest BCUT2D eigenvalue weighted by atomic mass is 9.77. The SMILES string of the molecule is CCC[B]CP. The van der Waals surface area contributed by atoms with E-state index < -0.39 is 0 Å². The zero-order chi connectivity index (χ0) is 4.83. The molecule has 2 heteroatoms. The zero-order valence-electron chi connectivity index (χ0n) is 4.28. The van der Waals surface area contributed by atoms with Crippen LogP contribution in [-0.2, 0) is 0 Å². The molecule has 1 radical (unpaired) electrons. The van der Waals surface area contributed by atoms with Crippen LogP contribution in [0.15, 0.2) is 0 Å². The largest absolute Gasteiger partial charge is 0.146 e. The van der Waals surface area contributed by atoms with Gasteiger partial charge in [-0.2, -0.15) is 0 Å². The Balaban J connectivity index is 2.34. The standard InChI is InChI=1S/C4H11BP/c1-2-3-5-4-6/h2-4,6H2,1H3. The first-order valence-electron chi connectivity index (χ1n) is 2.43. The molecule has 1 unspecified atom stereocenters. The van der Waals surface area contributed by atoms with Gasteiger partial charge in [0.25, 0.3) is 0 Å². The molecule has 0 fully saturated rings. The van der Waals surface area contributed by atoms with E-state index in [1.54, 1.807) is 0 Å². The van der Waals surface area contributed by atoms with Gasteiger partial charge in [-0.05, 0) is 0 Å². The summed E-state index contributed by atoms with van der Waals surface area (Å²) in [6, 6.07) is 1.15. The lowest BCUT2D eigenvalue weighted by Gasteiger charge is -1.83. The predicted molar refractivity (Wildman–Crippen MR) is 35.4 cm³/mol. The van der Waals surface area contributed by atoms with Crippen molar-refractivity contribution in [3.63, 3.8) is 0 Å². The molecule has 0 aromatic rings. The topological polar surface area (TPSA) is 0 Å². The fraction of sp³-hybridized carbons (Fsp3) is 1.00. The highest BCUT2D eigenvalue weighted by molar-refractivity contribution is 7.20. The van der Waals surface area contributed by atoms with Gasteiger partial charge >= 0.3 is 0 Å². The van der Waals surface area contributed by atoms with E-state index in [0.717, 1.165) is 6.06 Å². The Hall–Kier alpha value is 0.495. The molecule has 0 saturated heterocycles. The maximum atomic E-state index is 2.67. The molecule has 0 aliphatic rings. The van der Waals surface area contributed by atoms with E-state index in [1.807, 2.05) is 0 Å². The summed E-state index contributed by atoms with van der Waals surface area (Å²) in [5.41, 5.74) is 0. The van der Waals surface area contributed by atoms with Crippen LogP contribution in [0.2, 0.25) is 6.32 Å². The molecule has 1 atom stereocenters. The summed E-state index contributed by atoms with van der Waals surface area (Å²) in [5, 5.41) is 0. The van der Waals surface area contributed by atoms with Crippen molar-refractivity contribution >= 4 is 16.5 Å². The average Bonchev–Trinajstić information content (AvgIpc) is 1.61. The van der Waals surface area contributed by atoms with Crippen LogP contribution >= 0.6 is 9.24 Å². The highest BCUT2D eigenvalue weighted by Crippen LogP contribution is 1.86. The van der Waals surface area contributed by atoms with E-state index >= 15 is 0 Å². The van der Waals surface area contributed by atoms with Crippen LogP contribution in [0.1, 0.15) is 13.3 Å². The first kappa shape index (κ1) is 6.49. The second-order valence-corrected chi connectivity index (χ2v) is 1.78. The minimum absolute atomic E-state index is 1.15. The molecule has 0 N–H and O–H groups in total. The Bertz CT molecular complexity index is 19.5. The van der Waals surface area contributed by atoms with Crippen LogP contribution in [0.3, 0.4) is 0 Å². The summed E-state index contributed by atoms with van der Waals surface area (Å²) < 4.78 is 0. The van der Waals surface area contributed by atoms with Gasteiger partial charge in [-0.3, -0.25) is 0 Å². The smallest absolute Gasteiger partial charge is 0.114 e. The third kappa shape index (κ3) is 4.49. The van der Waals surface area contributed by atoms with Crippen LogP contribution < -0.4 is 0 Å². The summed E-state index contributed by atoms with van der Waals surface area (Å²) >= 11 is 0. The molecule has 0 aliphatic heterocycles. The van der Waals surface area contributed by atoms with E-state index in [9.17, 15) is 0 Å². The van der Waals surface area contributed by atoms with Gasteiger partial charge in [0.05, 0.1) is 0 Å². The third-order valence-corrected chi connectivity index (χ3v) is 0.993. The van der Waals surface area contributed by atoms with Crippen molar-refractivity contribution in [2.75, 3.05) is 6.06 Å². The van der Waals surface area contributed by atoms with Crippen molar-refractivity contribution < 1.29 is 0 Å². The van der Waals surface area contributed by atoms with Crippen LogP contribution in [-0.4, -0.2) is 13.3 Å². The van der Waals surface area contributed by atoms with E-state index in [-0.39, 0.29) is 0 Å². The summed E-state index contributed by atoms with van der Waals surface area (Å²) in [5.74, 6) is 0. The molecule has 0 heterocycles. The minimum atomic E-state index is 1.15. The van der Waals surface area contributed by atoms with Gasteiger partial charge in [-0.1, -0.05) is 25.7 Å². The molecule has 0 amide bonds. The fourth-order valence-corrected chi connectivity index (χ4v) is 0.558. The van der Waals surface area contributed by atoms with Crippen molar-refractivity contribution in [3.8, 4) is 0 Å². The Morgan fingerprint density at radius 2 is 2.33 bits per heavy atom. The molecule has 0 saturated carbocycles. The predicted octanol–water partition coefficient (Wildman–Crippen LogP) is 1.35. The maximum Gasteiger partial charge on any atom is 0.114 e. The van der Waals surface area contributed by atoms with Gasteiger partial charge in [0.15, 0.2) is 0 Å². The summed E-state index contributed by atoms with van der Waals surface area (Å²) in [6.07, 6.45) is 2.55. The van der Waals surface area contributed by atoms with Gasteiger partial charge in [0.2, 0.25) is 0 Å². The lowest BCUT2D eigenvalue weighted by Crippen LogP contribution is -1.86. The first-order chi connectivity index (χ1) is 2.91. The molecule has 0 aromatic carbocycles. The average molecular weight is 101 g/mol.